The van der Waals surface area contributed by atoms with Gasteiger partial charge in [-0.3, -0.25) is 10.00 Å². The maximum absolute atomic E-state index is 6.06. The summed E-state index contributed by atoms with van der Waals surface area (Å²) in [6.45, 7) is 5.89. The van der Waals surface area contributed by atoms with Gasteiger partial charge >= 0.3 is 0 Å². The van der Waals surface area contributed by atoms with Crippen LogP contribution in [0.15, 0.2) is 69.2 Å². The van der Waals surface area contributed by atoms with E-state index in [1.54, 1.807) is 6.26 Å². The molecule has 10 heteroatoms. The zero-order chi connectivity index (χ0) is 22.3. The molecule has 0 spiro atoms. The smallest absolute Gasteiger partial charge is 0.295 e. The monoisotopic (exact) mass is 436 g/mol. The number of guanidine groups is 1. The van der Waals surface area contributed by atoms with Crippen molar-refractivity contribution in [2.24, 2.45) is 15.7 Å². The number of anilines is 1. The number of aromatic nitrogens is 2. The molecule has 4 rings (SSSR count). The van der Waals surface area contributed by atoms with E-state index in [1.807, 2.05) is 55.5 Å². The Morgan fingerprint density at radius 1 is 1.19 bits per heavy atom. The van der Waals surface area contributed by atoms with Crippen molar-refractivity contribution in [2.75, 3.05) is 38.5 Å². The molecule has 1 saturated heterocycles. The number of para-hydroxylation sites is 1. The first-order valence-electron chi connectivity index (χ1n) is 10.5. The number of piperazine rings is 1. The molecule has 10 nitrogen and oxygen atoms in total. The molecule has 0 bridgehead atoms. The molecule has 3 heterocycles. The number of aromatic amines is 1. The van der Waals surface area contributed by atoms with E-state index in [9.17, 15) is 0 Å². The lowest BCUT2D eigenvalue weighted by atomic mass is 10.3. The van der Waals surface area contributed by atoms with Crippen LogP contribution in [0.1, 0.15) is 6.92 Å². The first-order chi connectivity index (χ1) is 15.6. The Kier molecular flexibility index (Phi) is 6.83. The molecule has 0 amide bonds. The minimum atomic E-state index is -0.0945. The van der Waals surface area contributed by atoms with E-state index >= 15 is 0 Å². The standard InChI is InChI=1S/C22H28N8O2/c1-16(30-12-10-29(2)11-13-30)24-22(26-21(23)32-17-7-4-3-5-8-17)25-20-15-18(27-28-20)19-9-6-14-31-19/h3-9,14-16H,10-13H2,1-2H3,(H4,23,24,25,26,27,28). The van der Waals surface area contributed by atoms with Gasteiger partial charge in [-0.1, -0.05) is 18.2 Å². The van der Waals surface area contributed by atoms with Gasteiger partial charge in [0.1, 0.15) is 17.6 Å². The average Bonchev–Trinajstić information content (AvgIpc) is 3.47. The van der Waals surface area contributed by atoms with Crippen LogP contribution in [0.4, 0.5) is 5.82 Å². The first kappa shape index (κ1) is 21.6. The molecule has 2 aromatic heterocycles. The highest BCUT2D eigenvalue weighted by Gasteiger charge is 2.19. The van der Waals surface area contributed by atoms with Crippen LogP contribution >= 0.6 is 0 Å². The summed E-state index contributed by atoms with van der Waals surface area (Å²) in [6.07, 6.45) is 1.52. The maximum Gasteiger partial charge on any atom is 0.295 e. The van der Waals surface area contributed by atoms with E-state index in [2.05, 4.69) is 37.4 Å². The number of nitrogens with two attached hydrogens (primary N) is 1. The third-order valence-electron chi connectivity index (χ3n) is 5.16. The largest absolute Gasteiger partial charge is 0.463 e. The fourth-order valence-corrected chi connectivity index (χ4v) is 3.34. The molecular formula is C22H28N8O2. The van der Waals surface area contributed by atoms with E-state index in [0.717, 1.165) is 31.9 Å². The van der Waals surface area contributed by atoms with E-state index in [0.29, 0.717) is 23.3 Å². The van der Waals surface area contributed by atoms with Gasteiger partial charge in [-0.2, -0.15) is 10.1 Å². The van der Waals surface area contributed by atoms with Gasteiger partial charge in [-0.25, -0.2) is 4.99 Å². The van der Waals surface area contributed by atoms with Gasteiger partial charge in [0.15, 0.2) is 11.6 Å². The van der Waals surface area contributed by atoms with Gasteiger partial charge in [-0.05, 0) is 38.2 Å². The minimum Gasteiger partial charge on any atom is -0.463 e. The zero-order valence-corrected chi connectivity index (χ0v) is 18.2. The summed E-state index contributed by atoms with van der Waals surface area (Å²) in [5.41, 5.74) is 6.80. The molecule has 4 N–H and O–H groups in total. The molecule has 0 aliphatic carbocycles. The average molecular weight is 437 g/mol. The summed E-state index contributed by atoms with van der Waals surface area (Å²) in [7, 11) is 2.12. The number of aliphatic imine (C=N–C) groups is 2. The lowest BCUT2D eigenvalue weighted by Crippen LogP contribution is -2.47. The fourth-order valence-electron chi connectivity index (χ4n) is 3.34. The van der Waals surface area contributed by atoms with Crippen LogP contribution in [0.5, 0.6) is 5.75 Å². The molecule has 1 fully saturated rings. The molecule has 0 saturated carbocycles. The normalized spacial score (nSPS) is 17.3. The van der Waals surface area contributed by atoms with Crippen molar-refractivity contribution in [2.45, 2.75) is 13.1 Å². The molecule has 1 unspecified atom stereocenters. The number of likely N-dealkylation sites (N-methyl/N-ethyl adjacent to an activating group) is 1. The van der Waals surface area contributed by atoms with E-state index in [1.165, 1.54) is 0 Å². The molecular weight excluding hydrogens is 408 g/mol. The van der Waals surface area contributed by atoms with Crippen molar-refractivity contribution < 1.29 is 9.15 Å². The number of amidine groups is 1. The number of rotatable bonds is 5. The number of nitrogens with zero attached hydrogens (tertiary/aromatic N) is 5. The van der Waals surface area contributed by atoms with Crippen molar-refractivity contribution >= 4 is 17.8 Å². The Labute approximate surface area is 186 Å². The molecule has 1 aliphatic rings. The SMILES string of the molecule is CC(/N=C(\N=C(/N)Oc1ccccc1)Nc1cc(-c2ccco2)[nH]n1)N1CCN(C)CC1. The van der Waals surface area contributed by atoms with Crippen LogP contribution in [0.2, 0.25) is 0 Å². The van der Waals surface area contributed by atoms with Crippen molar-refractivity contribution in [1.82, 2.24) is 20.0 Å². The Hall–Kier alpha value is -3.63. The highest BCUT2D eigenvalue weighted by Crippen LogP contribution is 2.20. The summed E-state index contributed by atoms with van der Waals surface area (Å²) in [6, 6.07) is 14.7. The minimum absolute atomic E-state index is 0.0187. The molecule has 168 valence electrons. The van der Waals surface area contributed by atoms with Crippen LogP contribution in [0.3, 0.4) is 0 Å². The van der Waals surface area contributed by atoms with Crippen LogP contribution in [-0.4, -0.2) is 71.4 Å². The van der Waals surface area contributed by atoms with Crippen LogP contribution in [0, 0.1) is 0 Å². The number of benzene rings is 1. The summed E-state index contributed by atoms with van der Waals surface area (Å²) in [5, 5.41) is 10.4. The molecule has 0 radical (unpaired) electrons. The molecule has 1 atom stereocenters. The number of H-pyrrole nitrogens is 1. The van der Waals surface area contributed by atoms with E-state index < -0.39 is 0 Å². The summed E-state index contributed by atoms with van der Waals surface area (Å²) >= 11 is 0. The summed E-state index contributed by atoms with van der Waals surface area (Å²) in [5.74, 6) is 2.13. The van der Waals surface area contributed by atoms with Crippen LogP contribution in [0.25, 0.3) is 11.5 Å². The lowest BCUT2D eigenvalue weighted by molar-refractivity contribution is 0.122. The topological polar surface area (TPSA) is 120 Å². The molecule has 32 heavy (non-hydrogen) atoms. The predicted octanol–water partition coefficient (Wildman–Crippen LogP) is 2.42. The zero-order valence-electron chi connectivity index (χ0n) is 18.2. The molecule has 3 aromatic rings. The van der Waals surface area contributed by atoms with Gasteiger partial charge in [-0.15, -0.1) is 0 Å². The lowest BCUT2D eigenvalue weighted by Gasteiger charge is -2.34. The highest BCUT2D eigenvalue weighted by molar-refractivity contribution is 6.00. The Morgan fingerprint density at radius 2 is 1.97 bits per heavy atom. The molecule has 1 aliphatic heterocycles. The van der Waals surface area contributed by atoms with Crippen LogP contribution in [-0.2, 0) is 0 Å². The van der Waals surface area contributed by atoms with Gasteiger partial charge in [0.25, 0.3) is 6.02 Å². The second-order valence-corrected chi connectivity index (χ2v) is 7.56. The number of ether oxygens (including phenoxy) is 1. The Morgan fingerprint density at radius 3 is 2.69 bits per heavy atom. The van der Waals surface area contributed by atoms with Crippen LogP contribution < -0.4 is 15.8 Å². The summed E-state index contributed by atoms with van der Waals surface area (Å²) in [4.78, 5) is 13.7. The van der Waals surface area contributed by atoms with Gasteiger partial charge in [0.2, 0.25) is 5.96 Å². The molecule has 1 aromatic carbocycles. The summed E-state index contributed by atoms with van der Waals surface area (Å²) < 4.78 is 11.0. The van der Waals surface area contributed by atoms with Gasteiger partial charge in [0.05, 0.1) is 6.26 Å². The van der Waals surface area contributed by atoms with Crippen molar-refractivity contribution in [3.05, 3.63) is 54.8 Å². The number of hydrogen-bond acceptors (Lipinski definition) is 6. The Bertz CT molecular complexity index is 1040. The fraction of sp³-hybridized carbons (Fsp3) is 0.318. The van der Waals surface area contributed by atoms with Crippen molar-refractivity contribution in [1.29, 1.82) is 0 Å². The van der Waals surface area contributed by atoms with Crippen molar-refractivity contribution in [3.63, 3.8) is 0 Å². The van der Waals surface area contributed by atoms with E-state index in [4.69, 9.17) is 19.9 Å². The highest BCUT2D eigenvalue weighted by atomic mass is 16.5. The quantitative estimate of drug-likeness (QED) is 0.415. The van der Waals surface area contributed by atoms with Crippen molar-refractivity contribution in [3.8, 4) is 17.2 Å². The second kappa shape index (κ2) is 10.1. The maximum atomic E-state index is 6.06. The number of hydrogen-bond donors (Lipinski definition) is 3. The van der Waals surface area contributed by atoms with Gasteiger partial charge < -0.3 is 25.1 Å². The Balaban J connectivity index is 1.53. The van der Waals surface area contributed by atoms with E-state index in [-0.39, 0.29) is 12.2 Å². The predicted molar refractivity (Wildman–Crippen MR) is 125 cm³/mol. The second-order valence-electron chi connectivity index (χ2n) is 7.56. The third-order valence-corrected chi connectivity index (χ3v) is 5.16. The van der Waals surface area contributed by atoms with Gasteiger partial charge in [0, 0.05) is 32.2 Å². The first-order valence-corrected chi connectivity index (χ1v) is 10.5. The number of furan rings is 1. The number of nitrogens with one attached hydrogen (secondary N) is 2. The third kappa shape index (κ3) is 5.74.